The van der Waals surface area contributed by atoms with Crippen LogP contribution in [-0.2, 0) is 9.63 Å². The average molecular weight is 343 g/mol. The molecular formula is C18H14FNO5. The van der Waals surface area contributed by atoms with Crippen molar-refractivity contribution in [2.24, 2.45) is 0 Å². The third kappa shape index (κ3) is 3.08. The van der Waals surface area contributed by atoms with Crippen LogP contribution in [0.15, 0.2) is 48.5 Å². The molecule has 0 fully saturated rings. The van der Waals surface area contributed by atoms with Crippen molar-refractivity contribution in [3.63, 3.8) is 0 Å². The molecule has 7 heteroatoms. The summed E-state index contributed by atoms with van der Waals surface area (Å²) in [5.41, 5.74) is 0.312. The number of hydrogen-bond acceptors (Lipinski definition) is 5. The van der Waals surface area contributed by atoms with E-state index in [1.807, 2.05) is 0 Å². The fraction of sp³-hybridized carbons (Fsp3) is 0.167. The van der Waals surface area contributed by atoms with Gasteiger partial charge < -0.3 is 9.57 Å². The van der Waals surface area contributed by atoms with Crippen molar-refractivity contribution in [1.82, 2.24) is 5.06 Å². The summed E-state index contributed by atoms with van der Waals surface area (Å²) in [5, 5.41) is 0.403. The molecule has 0 saturated heterocycles. The van der Waals surface area contributed by atoms with Crippen LogP contribution in [0.4, 0.5) is 4.39 Å². The molecule has 0 N–H and O–H groups in total. The molecule has 0 aliphatic carbocycles. The van der Waals surface area contributed by atoms with Crippen LogP contribution in [0.2, 0.25) is 0 Å². The lowest BCUT2D eigenvalue weighted by Gasteiger charge is -2.19. The summed E-state index contributed by atoms with van der Waals surface area (Å²) in [4.78, 5) is 41.6. The van der Waals surface area contributed by atoms with Gasteiger partial charge >= 0.3 is 5.97 Å². The van der Waals surface area contributed by atoms with Gasteiger partial charge in [-0.2, -0.15) is 0 Å². The molecular weight excluding hydrogens is 329 g/mol. The topological polar surface area (TPSA) is 72.9 Å². The van der Waals surface area contributed by atoms with Gasteiger partial charge in [0.15, 0.2) is 17.7 Å². The zero-order valence-corrected chi connectivity index (χ0v) is 13.3. The number of benzene rings is 2. The third-order valence-corrected chi connectivity index (χ3v) is 3.68. The average Bonchev–Trinajstić information content (AvgIpc) is 2.86. The second kappa shape index (κ2) is 6.72. The first-order chi connectivity index (χ1) is 12.0. The van der Waals surface area contributed by atoms with Crippen molar-refractivity contribution in [1.29, 1.82) is 0 Å². The minimum atomic E-state index is -1.17. The Hall–Kier alpha value is -3.22. The number of hydrogen-bond donors (Lipinski definition) is 0. The highest BCUT2D eigenvalue weighted by atomic mass is 19.1. The van der Waals surface area contributed by atoms with Gasteiger partial charge in [0.2, 0.25) is 0 Å². The van der Waals surface area contributed by atoms with E-state index in [1.54, 1.807) is 25.1 Å². The molecule has 1 unspecified atom stereocenters. The number of halogens is 1. The van der Waals surface area contributed by atoms with Crippen LogP contribution in [0, 0.1) is 5.82 Å². The Morgan fingerprint density at radius 1 is 1.04 bits per heavy atom. The molecule has 6 nitrogen and oxygen atoms in total. The normalized spacial score (nSPS) is 14.2. The first-order valence-electron chi connectivity index (χ1n) is 7.63. The molecule has 1 aliphatic heterocycles. The van der Waals surface area contributed by atoms with Crippen molar-refractivity contribution in [2.75, 3.05) is 0 Å². The summed E-state index contributed by atoms with van der Waals surface area (Å²) >= 11 is 0. The quantitative estimate of drug-likeness (QED) is 0.781. The molecule has 25 heavy (non-hydrogen) atoms. The Morgan fingerprint density at radius 3 is 2.16 bits per heavy atom. The fourth-order valence-electron chi connectivity index (χ4n) is 2.39. The number of carbonyl (C=O) groups is 3. The van der Waals surface area contributed by atoms with E-state index in [0.717, 1.165) is 0 Å². The van der Waals surface area contributed by atoms with E-state index in [0.29, 0.717) is 5.06 Å². The van der Waals surface area contributed by atoms with Crippen molar-refractivity contribution in [2.45, 2.75) is 19.4 Å². The predicted octanol–water partition coefficient (Wildman–Crippen LogP) is 2.74. The second-order valence-corrected chi connectivity index (χ2v) is 5.31. The molecule has 0 aromatic heterocycles. The number of imide groups is 1. The molecule has 2 aromatic carbocycles. The largest absolute Gasteiger partial charge is 0.476 e. The Bertz CT molecular complexity index is 816. The number of rotatable bonds is 5. The van der Waals surface area contributed by atoms with Crippen LogP contribution in [0.1, 0.15) is 34.1 Å². The zero-order chi connectivity index (χ0) is 18.0. The van der Waals surface area contributed by atoms with Gasteiger partial charge in [-0.1, -0.05) is 36.3 Å². The minimum absolute atomic E-state index is 0.117. The van der Waals surface area contributed by atoms with E-state index in [1.165, 1.54) is 30.3 Å². The molecule has 1 heterocycles. The van der Waals surface area contributed by atoms with E-state index in [-0.39, 0.29) is 23.3 Å². The van der Waals surface area contributed by atoms with Gasteiger partial charge in [-0.25, -0.2) is 9.18 Å². The summed E-state index contributed by atoms with van der Waals surface area (Å²) in [6, 6.07) is 11.7. The number of amides is 2. The smallest absolute Gasteiger partial charge is 0.373 e. The molecule has 1 atom stereocenters. The molecule has 0 saturated carbocycles. The van der Waals surface area contributed by atoms with Gasteiger partial charge in [-0.05, 0) is 30.7 Å². The highest BCUT2D eigenvalue weighted by Crippen LogP contribution is 2.24. The van der Waals surface area contributed by atoms with Crippen molar-refractivity contribution in [3.8, 4) is 5.75 Å². The molecule has 1 aliphatic rings. The lowest BCUT2D eigenvalue weighted by Crippen LogP contribution is -2.38. The van der Waals surface area contributed by atoms with Gasteiger partial charge in [0.05, 0.1) is 11.1 Å². The number of nitrogens with zero attached hydrogens (tertiary/aromatic N) is 1. The van der Waals surface area contributed by atoms with Crippen LogP contribution in [0.3, 0.4) is 0 Å². The second-order valence-electron chi connectivity index (χ2n) is 5.31. The molecule has 0 spiro atoms. The Morgan fingerprint density at radius 2 is 1.60 bits per heavy atom. The number of carbonyl (C=O) groups excluding carboxylic acids is 3. The van der Waals surface area contributed by atoms with Crippen molar-refractivity contribution >= 4 is 17.8 Å². The minimum Gasteiger partial charge on any atom is -0.476 e. The van der Waals surface area contributed by atoms with E-state index in [4.69, 9.17) is 9.57 Å². The Labute approximate surface area is 142 Å². The number of ether oxygens (including phenoxy) is 1. The summed E-state index contributed by atoms with van der Waals surface area (Å²) < 4.78 is 19.0. The summed E-state index contributed by atoms with van der Waals surface area (Å²) in [6.45, 7) is 1.63. The maximum Gasteiger partial charge on any atom is 0.373 e. The molecule has 2 amide bonds. The summed E-state index contributed by atoms with van der Waals surface area (Å²) in [7, 11) is 0. The van der Waals surface area contributed by atoms with E-state index < -0.39 is 29.7 Å². The van der Waals surface area contributed by atoms with Crippen LogP contribution in [-0.4, -0.2) is 29.0 Å². The zero-order valence-electron chi connectivity index (χ0n) is 13.3. The SMILES string of the molecule is CCC(Oc1ccccc1F)C(=O)ON1C(=O)c2ccccc2C1=O. The first-order valence-corrected chi connectivity index (χ1v) is 7.63. The predicted molar refractivity (Wildman–Crippen MR) is 84.1 cm³/mol. The van der Waals surface area contributed by atoms with Gasteiger partial charge in [0.25, 0.3) is 11.8 Å². The molecule has 0 radical (unpaired) electrons. The maximum absolute atomic E-state index is 13.7. The maximum atomic E-state index is 13.7. The lowest BCUT2D eigenvalue weighted by molar-refractivity contribution is -0.177. The lowest BCUT2D eigenvalue weighted by atomic mass is 10.1. The van der Waals surface area contributed by atoms with Gasteiger partial charge in [-0.15, -0.1) is 0 Å². The number of fused-ring (bicyclic) bond motifs is 1. The molecule has 128 valence electrons. The third-order valence-electron chi connectivity index (χ3n) is 3.68. The first kappa shape index (κ1) is 16.6. The van der Waals surface area contributed by atoms with Crippen LogP contribution in [0.25, 0.3) is 0 Å². The van der Waals surface area contributed by atoms with Crippen LogP contribution >= 0.6 is 0 Å². The van der Waals surface area contributed by atoms with Gasteiger partial charge in [0.1, 0.15) is 0 Å². The van der Waals surface area contributed by atoms with Gasteiger partial charge in [0, 0.05) is 0 Å². The van der Waals surface area contributed by atoms with E-state index in [2.05, 4.69) is 0 Å². The molecule has 0 bridgehead atoms. The standard InChI is InChI=1S/C18H14FNO5/c1-2-14(24-15-10-6-5-9-13(15)19)18(23)25-20-16(21)11-7-3-4-8-12(11)17(20)22/h3-10,14H,2H2,1H3. The highest BCUT2D eigenvalue weighted by Gasteiger charge is 2.40. The van der Waals surface area contributed by atoms with Gasteiger partial charge in [-0.3, -0.25) is 9.59 Å². The van der Waals surface area contributed by atoms with Crippen molar-refractivity contribution < 1.29 is 28.3 Å². The Balaban J connectivity index is 1.74. The van der Waals surface area contributed by atoms with Crippen LogP contribution < -0.4 is 4.74 Å². The highest BCUT2D eigenvalue weighted by molar-refractivity contribution is 6.20. The number of para-hydroxylation sites is 1. The summed E-state index contributed by atoms with van der Waals surface area (Å²) in [6.07, 6.45) is -1.00. The fourth-order valence-corrected chi connectivity index (χ4v) is 2.39. The van der Waals surface area contributed by atoms with E-state index in [9.17, 15) is 18.8 Å². The van der Waals surface area contributed by atoms with Crippen LogP contribution in [0.5, 0.6) is 5.75 Å². The summed E-state index contributed by atoms with van der Waals surface area (Å²) in [5.74, 6) is -3.16. The Kier molecular flexibility index (Phi) is 4.47. The molecule has 3 rings (SSSR count). The van der Waals surface area contributed by atoms with E-state index >= 15 is 0 Å². The number of hydroxylamine groups is 2. The monoisotopic (exact) mass is 343 g/mol. The molecule has 2 aromatic rings. The van der Waals surface area contributed by atoms with Crippen molar-refractivity contribution in [3.05, 3.63) is 65.5 Å².